The van der Waals surface area contributed by atoms with E-state index < -0.39 is 0 Å². The summed E-state index contributed by atoms with van der Waals surface area (Å²) in [5, 5.41) is 3.38. The van der Waals surface area contributed by atoms with Gasteiger partial charge in [-0.15, -0.1) is 0 Å². The van der Waals surface area contributed by atoms with E-state index in [9.17, 15) is 0 Å². The molecule has 0 radical (unpaired) electrons. The van der Waals surface area contributed by atoms with Crippen LogP contribution in [-0.4, -0.2) is 37.7 Å². The second kappa shape index (κ2) is 7.31. The van der Waals surface area contributed by atoms with Crippen molar-refractivity contribution in [3.8, 4) is 5.75 Å². The first kappa shape index (κ1) is 14.1. The van der Waals surface area contributed by atoms with Gasteiger partial charge in [0.25, 0.3) is 0 Å². The molecule has 3 heteroatoms. The third-order valence-corrected chi connectivity index (χ3v) is 3.59. The van der Waals surface area contributed by atoms with Gasteiger partial charge in [0.1, 0.15) is 12.4 Å². The maximum absolute atomic E-state index is 5.58. The van der Waals surface area contributed by atoms with E-state index >= 15 is 0 Å². The zero-order valence-corrected chi connectivity index (χ0v) is 11.8. The van der Waals surface area contributed by atoms with Gasteiger partial charge in [-0.1, -0.05) is 24.8 Å². The van der Waals surface area contributed by atoms with Crippen LogP contribution in [0.25, 0.3) is 0 Å². The Morgan fingerprint density at radius 3 is 3.21 bits per heavy atom. The van der Waals surface area contributed by atoms with E-state index in [1.54, 1.807) is 6.08 Å². The van der Waals surface area contributed by atoms with Gasteiger partial charge >= 0.3 is 0 Å². The zero-order valence-electron chi connectivity index (χ0n) is 11.8. The maximum atomic E-state index is 5.58. The van der Waals surface area contributed by atoms with E-state index in [-0.39, 0.29) is 0 Å². The number of piperidine rings is 1. The summed E-state index contributed by atoms with van der Waals surface area (Å²) in [5.74, 6) is 0.930. The quantitative estimate of drug-likeness (QED) is 0.795. The van der Waals surface area contributed by atoms with Crippen LogP contribution in [-0.2, 0) is 6.54 Å². The van der Waals surface area contributed by atoms with Crippen molar-refractivity contribution in [3.05, 3.63) is 42.5 Å². The lowest BCUT2D eigenvalue weighted by Crippen LogP contribution is -2.43. The van der Waals surface area contributed by atoms with Gasteiger partial charge in [0, 0.05) is 19.1 Å². The van der Waals surface area contributed by atoms with Crippen molar-refractivity contribution >= 4 is 0 Å². The van der Waals surface area contributed by atoms with Crippen LogP contribution in [0.3, 0.4) is 0 Å². The molecule has 104 valence electrons. The first-order valence-electron chi connectivity index (χ1n) is 7.04. The van der Waals surface area contributed by atoms with E-state index in [0.717, 1.165) is 18.8 Å². The predicted molar refractivity (Wildman–Crippen MR) is 79.5 cm³/mol. The van der Waals surface area contributed by atoms with Gasteiger partial charge in [0.05, 0.1) is 0 Å². The average molecular weight is 260 g/mol. The van der Waals surface area contributed by atoms with Crippen LogP contribution in [0.15, 0.2) is 36.9 Å². The van der Waals surface area contributed by atoms with Gasteiger partial charge in [-0.25, -0.2) is 0 Å². The minimum atomic E-state index is 0.564. The maximum Gasteiger partial charge on any atom is 0.120 e. The standard InChI is InChI=1S/C16H24N2O/c1-3-10-19-16-8-4-6-14(11-16)12-18-9-5-7-15(13-18)17-2/h3-4,6,8,11,15,17H,1,5,7,9-10,12-13H2,2H3. The first-order chi connectivity index (χ1) is 9.31. The second-order valence-corrected chi connectivity index (χ2v) is 5.11. The van der Waals surface area contributed by atoms with Gasteiger partial charge in [-0.2, -0.15) is 0 Å². The molecular weight excluding hydrogens is 236 g/mol. The van der Waals surface area contributed by atoms with E-state index in [4.69, 9.17) is 4.74 Å². The lowest BCUT2D eigenvalue weighted by Gasteiger charge is -2.32. The number of rotatable bonds is 6. The van der Waals surface area contributed by atoms with Crippen LogP contribution in [0, 0.1) is 0 Å². The number of nitrogens with one attached hydrogen (secondary N) is 1. The van der Waals surface area contributed by atoms with Crippen molar-refractivity contribution in [2.24, 2.45) is 0 Å². The highest BCUT2D eigenvalue weighted by Crippen LogP contribution is 2.17. The number of nitrogens with zero attached hydrogens (tertiary/aromatic N) is 1. The number of ether oxygens (including phenoxy) is 1. The molecule has 1 N–H and O–H groups in total. The molecule has 0 aromatic heterocycles. The fraction of sp³-hybridized carbons (Fsp3) is 0.500. The molecule has 0 saturated carbocycles. The highest BCUT2D eigenvalue weighted by Gasteiger charge is 2.18. The smallest absolute Gasteiger partial charge is 0.120 e. The van der Waals surface area contributed by atoms with Crippen LogP contribution in [0.4, 0.5) is 0 Å². The lowest BCUT2D eigenvalue weighted by molar-refractivity contribution is 0.188. The van der Waals surface area contributed by atoms with Crippen LogP contribution in [0.2, 0.25) is 0 Å². The van der Waals surface area contributed by atoms with E-state index in [2.05, 4.69) is 42.0 Å². The summed E-state index contributed by atoms with van der Waals surface area (Å²) in [6.45, 7) is 7.56. The minimum Gasteiger partial charge on any atom is -0.490 e. The average Bonchev–Trinajstić information content (AvgIpc) is 2.46. The molecule has 3 nitrogen and oxygen atoms in total. The molecule has 1 fully saturated rings. The molecule has 1 aromatic carbocycles. The molecule has 1 heterocycles. The minimum absolute atomic E-state index is 0.564. The predicted octanol–water partition coefficient (Wildman–Crippen LogP) is 2.44. The molecule has 1 aliphatic rings. The Morgan fingerprint density at radius 2 is 2.42 bits per heavy atom. The Kier molecular flexibility index (Phi) is 5.43. The topological polar surface area (TPSA) is 24.5 Å². The summed E-state index contributed by atoms with van der Waals surface area (Å²) >= 11 is 0. The molecule has 1 atom stereocenters. The summed E-state index contributed by atoms with van der Waals surface area (Å²) in [6, 6.07) is 9.00. The van der Waals surface area contributed by atoms with Gasteiger partial charge < -0.3 is 10.1 Å². The van der Waals surface area contributed by atoms with Crippen molar-refractivity contribution in [1.29, 1.82) is 0 Å². The molecule has 2 rings (SSSR count). The summed E-state index contributed by atoms with van der Waals surface area (Å²) in [7, 11) is 2.05. The molecule has 1 aromatic rings. The third kappa shape index (κ3) is 4.37. The Morgan fingerprint density at radius 1 is 1.53 bits per heavy atom. The van der Waals surface area contributed by atoms with Crippen molar-refractivity contribution in [2.75, 3.05) is 26.7 Å². The molecule has 0 spiro atoms. The Balaban J connectivity index is 1.92. The number of likely N-dealkylation sites (tertiary alicyclic amines) is 1. The molecule has 0 aliphatic carbocycles. The van der Waals surface area contributed by atoms with E-state index in [1.807, 2.05) is 6.07 Å². The van der Waals surface area contributed by atoms with E-state index in [1.165, 1.54) is 24.9 Å². The summed E-state index contributed by atoms with van der Waals surface area (Å²) < 4.78 is 5.58. The highest BCUT2D eigenvalue weighted by molar-refractivity contribution is 5.28. The lowest BCUT2D eigenvalue weighted by atomic mass is 10.1. The molecule has 19 heavy (non-hydrogen) atoms. The Labute approximate surface area is 116 Å². The van der Waals surface area contributed by atoms with Gasteiger partial charge in [0.15, 0.2) is 0 Å². The number of benzene rings is 1. The first-order valence-corrected chi connectivity index (χ1v) is 7.04. The molecule has 1 aliphatic heterocycles. The van der Waals surface area contributed by atoms with Crippen molar-refractivity contribution in [1.82, 2.24) is 10.2 Å². The SMILES string of the molecule is C=CCOc1cccc(CN2CCCC(NC)C2)c1. The summed E-state index contributed by atoms with van der Waals surface area (Å²) in [5.41, 5.74) is 1.32. The molecule has 0 amide bonds. The summed E-state index contributed by atoms with van der Waals surface area (Å²) in [6.07, 6.45) is 4.34. The van der Waals surface area contributed by atoms with Crippen LogP contribution in [0.5, 0.6) is 5.75 Å². The van der Waals surface area contributed by atoms with Gasteiger partial charge in [0.2, 0.25) is 0 Å². The van der Waals surface area contributed by atoms with Crippen molar-refractivity contribution in [2.45, 2.75) is 25.4 Å². The second-order valence-electron chi connectivity index (χ2n) is 5.11. The molecular formula is C16H24N2O. The van der Waals surface area contributed by atoms with Crippen molar-refractivity contribution < 1.29 is 4.74 Å². The normalized spacial score (nSPS) is 20.2. The molecule has 0 bridgehead atoms. The van der Waals surface area contributed by atoms with E-state index in [0.29, 0.717) is 12.6 Å². The van der Waals surface area contributed by atoms with Crippen LogP contribution in [0.1, 0.15) is 18.4 Å². The fourth-order valence-corrected chi connectivity index (χ4v) is 2.58. The number of hydrogen-bond acceptors (Lipinski definition) is 3. The van der Waals surface area contributed by atoms with Crippen molar-refractivity contribution in [3.63, 3.8) is 0 Å². The third-order valence-electron chi connectivity index (χ3n) is 3.59. The highest BCUT2D eigenvalue weighted by atomic mass is 16.5. The number of likely N-dealkylation sites (N-methyl/N-ethyl adjacent to an activating group) is 1. The van der Waals surface area contributed by atoms with Gasteiger partial charge in [-0.3, -0.25) is 4.90 Å². The van der Waals surface area contributed by atoms with Crippen LogP contribution >= 0.6 is 0 Å². The monoisotopic (exact) mass is 260 g/mol. The zero-order chi connectivity index (χ0) is 13.5. The number of hydrogen-bond donors (Lipinski definition) is 1. The Bertz CT molecular complexity index is 405. The summed E-state index contributed by atoms with van der Waals surface area (Å²) in [4.78, 5) is 2.51. The molecule has 1 unspecified atom stereocenters. The Hall–Kier alpha value is -1.32. The largest absolute Gasteiger partial charge is 0.490 e. The van der Waals surface area contributed by atoms with Gasteiger partial charge in [-0.05, 0) is 44.1 Å². The van der Waals surface area contributed by atoms with Crippen LogP contribution < -0.4 is 10.1 Å². The fourth-order valence-electron chi connectivity index (χ4n) is 2.58. The molecule has 1 saturated heterocycles.